The molecule has 1 rings (SSSR count). The standard InChI is InChI=1S/C10H14N2O3S/c1-7(6-16(2)15)12-9-3-4-11-5-8(9)10(13)14/h3-5,7H,6H2,1-2H3,(H,11,12)(H,13,14). The van der Waals surface area contributed by atoms with Gasteiger partial charge in [-0.15, -0.1) is 0 Å². The van der Waals surface area contributed by atoms with Gasteiger partial charge in [-0.05, 0) is 13.0 Å². The molecule has 2 unspecified atom stereocenters. The van der Waals surface area contributed by atoms with Gasteiger partial charge >= 0.3 is 5.97 Å². The number of carboxylic acids is 1. The van der Waals surface area contributed by atoms with Crippen LogP contribution in [0, 0.1) is 0 Å². The highest BCUT2D eigenvalue weighted by Crippen LogP contribution is 2.14. The van der Waals surface area contributed by atoms with Crippen LogP contribution < -0.4 is 5.32 Å². The Bertz CT molecular complexity index is 409. The predicted molar refractivity (Wildman–Crippen MR) is 63.2 cm³/mol. The van der Waals surface area contributed by atoms with Crippen LogP contribution in [0.2, 0.25) is 0 Å². The van der Waals surface area contributed by atoms with E-state index in [-0.39, 0.29) is 11.6 Å². The molecule has 0 aliphatic rings. The largest absolute Gasteiger partial charge is 0.478 e. The van der Waals surface area contributed by atoms with E-state index in [1.807, 2.05) is 6.92 Å². The highest BCUT2D eigenvalue weighted by atomic mass is 32.2. The zero-order chi connectivity index (χ0) is 12.1. The summed E-state index contributed by atoms with van der Waals surface area (Å²) in [7, 11) is -0.912. The van der Waals surface area contributed by atoms with Crippen LogP contribution in [0.4, 0.5) is 5.69 Å². The summed E-state index contributed by atoms with van der Waals surface area (Å²) in [5.74, 6) is -0.554. The molecule has 0 spiro atoms. The minimum Gasteiger partial charge on any atom is -0.478 e. The van der Waals surface area contributed by atoms with Gasteiger partial charge in [-0.1, -0.05) is 0 Å². The Morgan fingerprint density at radius 2 is 2.38 bits per heavy atom. The number of anilines is 1. The number of aromatic carboxylic acids is 1. The number of nitrogens with zero attached hydrogens (tertiary/aromatic N) is 1. The van der Waals surface area contributed by atoms with E-state index in [1.165, 1.54) is 12.4 Å². The molecular weight excluding hydrogens is 228 g/mol. The van der Waals surface area contributed by atoms with E-state index in [0.717, 1.165) is 0 Å². The van der Waals surface area contributed by atoms with E-state index in [2.05, 4.69) is 10.3 Å². The van der Waals surface area contributed by atoms with Gasteiger partial charge in [0.1, 0.15) is 5.56 Å². The molecule has 0 saturated heterocycles. The third-order valence-corrected chi connectivity index (χ3v) is 2.91. The maximum atomic E-state index is 11.0. The molecule has 0 saturated carbocycles. The second-order valence-electron chi connectivity index (χ2n) is 3.51. The van der Waals surface area contributed by atoms with E-state index < -0.39 is 16.8 Å². The Balaban J connectivity index is 2.80. The van der Waals surface area contributed by atoms with Gasteiger partial charge in [-0.2, -0.15) is 0 Å². The Morgan fingerprint density at radius 1 is 1.69 bits per heavy atom. The van der Waals surface area contributed by atoms with Gasteiger partial charge in [0.2, 0.25) is 0 Å². The molecule has 0 amide bonds. The molecule has 5 nitrogen and oxygen atoms in total. The Hall–Kier alpha value is -1.43. The minimum atomic E-state index is -1.03. The van der Waals surface area contributed by atoms with Crippen molar-refractivity contribution >= 4 is 22.5 Å². The highest BCUT2D eigenvalue weighted by molar-refractivity contribution is 7.84. The normalized spacial score (nSPS) is 14.1. The minimum absolute atomic E-state index is 0.0497. The molecule has 0 bridgehead atoms. The number of aromatic nitrogens is 1. The van der Waals surface area contributed by atoms with Gasteiger partial charge in [0.05, 0.1) is 5.69 Å². The third kappa shape index (κ3) is 3.62. The quantitative estimate of drug-likeness (QED) is 0.804. The molecule has 0 aromatic carbocycles. The number of carbonyl (C=O) groups is 1. The van der Waals surface area contributed by atoms with Gasteiger partial charge < -0.3 is 10.4 Å². The molecule has 0 aliphatic carbocycles. The van der Waals surface area contributed by atoms with Crippen LogP contribution in [0.1, 0.15) is 17.3 Å². The van der Waals surface area contributed by atoms with Crippen molar-refractivity contribution in [3.8, 4) is 0 Å². The van der Waals surface area contributed by atoms with Crippen molar-refractivity contribution in [2.75, 3.05) is 17.3 Å². The van der Waals surface area contributed by atoms with Crippen LogP contribution in [0.5, 0.6) is 0 Å². The van der Waals surface area contributed by atoms with Crippen LogP contribution >= 0.6 is 0 Å². The first kappa shape index (κ1) is 12.6. The van der Waals surface area contributed by atoms with Crippen LogP contribution in [-0.2, 0) is 10.8 Å². The summed E-state index contributed by atoms with van der Waals surface area (Å²) in [6.07, 6.45) is 4.42. The lowest BCUT2D eigenvalue weighted by Gasteiger charge is -2.15. The number of rotatable bonds is 5. The monoisotopic (exact) mass is 242 g/mol. The average molecular weight is 242 g/mol. The molecule has 1 heterocycles. The van der Waals surface area contributed by atoms with Crippen molar-refractivity contribution in [1.29, 1.82) is 0 Å². The van der Waals surface area contributed by atoms with Gasteiger partial charge in [-0.3, -0.25) is 9.19 Å². The summed E-state index contributed by atoms with van der Waals surface area (Å²) >= 11 is 0. The van der Waals surface area contributed by atoms with Crippen LogP contribution in [0.25, 0.3) is 0 Å². The predicted octanol–water partition coefficient (Wildman–Crippen LogP) is 0.959. The first-order valence-corrected chi connectivity index (χ1v) is 6.47. The smallest absolute Gasteiger partial charge is 0.339 e. The van der Waals surface area contributed by atoms with E-state index >= 15 is 0 Å². The molecule has 6 heteroatoms. The Labute approximate surface area is 96.4 Å². The molecule has 2 N–H and O–H groups in total. The maximum absolute atomic E-state index is 11.0. The van der Waals surface area contributed by atoms with Gasteiger partial charge in [0.15, 0.2) is 0 Å². The van der Waals surface area contributed by atoms with Crippen molar-refractivity contribution in [2.45, 2.75) is 13.0 Å². The molecule has 0 fully saturated rings. The first-order valence-electron chi connectivity index (χ1n) is 4.74. The highest BCUT2D eigenvalue weighted by Gasteiger charge is 2.12. The summed E-state index contributed by atoms with van der Waals surface area (Å²) in [6.45, 7) is 1.85. The fourth-order valence-corrected chi connectivity index (χ4v) is 2.14. The van der Waals surface area contributed by atoms with Gasteiger partial charge in [0, 0.05) is 41.2 Å². The molecule has 0 aliphatic heterocycles. The van der Waals surface area contributed by atoms with Crippen LogP contribution in [0.15, 0.2) is 18.5 Å². The second kappa shape index (κ2) is 5.60. The van der Waals surface area contributed by atoms with Crippen molar-refractivity contribution in [3.63, 3.8) is 0 Å². The molecule has 16 heavy (non-hydrogen) atoms. The lowest BCUT2D eigenvalue weighted by molar-refractivity contribution is 0.0697. The zero-order valence-electron chi connectivity index (χ0n) is 9.14. The fraction of sp³-hybridized carbons (Fsp3) is 0.400. The number of nitrogens with one attached hydrogen (secondary N) is 1. The number of hydrogen-bond donors (Lipinski definition) is 2. The lowest BCUT2D eigenvalue weighted by atomic mass is 10.2. The van der Waals surface area contributed by atoms with E-state index in [1.54, 1.807) is 12.3 Å². The van der Waals surface area contributed by atoms with Crippen LogP contribution in [0.3, 0.4) is 0 Å². The van der Waals surface area contributed by atoms with Crippen molar-refractivity contribution in [2.24, 2.45) is 0 Å². The average Bonchev–Trinajstić information content (AvgIpc) is 2.16. The van der Waals surface area contributed by atoms with Gasteiger partial charge in [-0.25, -0.2) is 4.79 Å². The molecule has 1 aromatic rings. The second-order valence-corrected chi connectivity index (χ2v) is 4.99. The first-order chi connectivity index (χ1) is 7.50. The summed E-state index contributed by atoms with van der Waals surface area (Å²) < 4.78 is 11.0. The Morgan fingerprint density at radius 3 is 2.94 bits per heavy atom. The summed E-state index contributed by atoms with van der Waals surface area (Å²) in [5, 5.41) is 11.9. The van der Waals surface area contributed by atoms with E-state index in [4.69, 9.17) is 5.11 Å². The van der Waals surface area contributed by atoms with Crippen molar-refractivity contribution < 1.29 is 14.1 Å². The van der Waals surface area contributed by atoms with E-state index in [9.17, 15) is 9.00 Å². The summed E-state index contributed by atoms with van der Waals surface area (Å²) in [6, 6.07) is 1.55. The topological polar surface area (TPSA) is 79.3 Å². The van der Waals surface area contributed by atoms with E-state index in [0.29, 0.717) is 11.4 Å². The maximum Gasteiger partial charge on any atom is 0.339 e. The van der Waals surface area contributed by atoms with Crippen LogP contribution in [-0.4, -0.2) is 38.3 Å². The number of carboxylic acid groups (broad SMARTS) is 1. The molecule has 1 aromatic heterocycles. The summed E-state index contributed by atoms with van der Waals surface area (Å²) in [4.78, 5) is 14.6. The molecular formula is C10H14N2O3S. The molecule has 2 atom stereocenters. The SMILES string of the molecule is CC(CS(C)=O)Nc1ccncc1C(=O)O. The zero-order valence-corrected chi connectivity index (χ0v) is 9.95. The third-order valence-electron chi connectivity index (χ3n) is 1.94. The number of pyridine rings is 1. The Kier molecular flexibility index (Phi) is 4.42. The molecule has 88 valence electrons. The fourth-order valence-electron chi connectivity index (χ4n) is 1.35. The summed E-state index contributed by atoms with van der Waals surface area (Å²) in [5.41, 5.74) is 0.622. The molecule has 0 radical (unpaired) electrons. The number of hydrogen-bond acceptors (Lipinski definition) is 4. The lowest BCUT2D eigenvalue weighted by Crippen LogP contribution is -2.23. The van der Waals surface area contributed by atoms with Gasteiger partial charge in [0.25, 0.3) is 0 Å². The van der Waals surface area contributed by atoms with Crippen molar-refractivity contribution in [1.82, 2.24) is 4.98 Å². The van der Waals surface area contributed by atoms with Crippen molar-refractivity contribution in [3.05, 3.63) is 24.0 Å².